The highest BCUT2D eigenvalue weighted by atomic mass is 16.1. The third kappa shape index (κ3) is 5.03. The number of hydrogen-bond acceptors (Lipinski definition) is 2. The van der Waals surface area contributed by atoms with Crippen LogP contribution >= 0.6 is 0 Å². The van der Waals surface area contributed by atoms with Crippen molar-refractivity contribution in [2.75, 3.05) is 19.6 Å². The highest BCUT2D eigenvalue weighted by Crippen LogP contribution is 2.18. The minimum atomic E-state index is 0.0440. The predicted molar refractivity (Wildman–Crippen MR) is 78.2 cm³/mol. The molecule has 2 rings (SSSR count). The van der Waals surface area contributed by atoms with Crippen LogP contribution in [0.1, 0.15) is 42.5 Å². The van der Waals surface area contributed by atoms with Crippen LogP contribution in [0.15, 0.2) is 30.3 Å². The number of benzene rings is 1. The molecule has 1 amide bonds. The molecule has 1 aliphatic rings. The minimum absolute atomic E-state index is 0.0440. The van der Waals surface area contributed by atoms with E-state index in [0.29, 0.717) is 0 Å². The molecule has 3 nitrogen and oxygen atoms in total. The van der Waals surface area contributed by atoms with Crippen molar-refractivity contribution >= 4 is 5.91 Å². The molecule has 1 aromatic rings. The average Bonchev–Trinajstić information content (AvgIpc) is 2.49. The van der Waals surface area contributed by atoms with Gasteiger partial charge >= 0.3 is 0 Å². The largest absolute Gasteiger partial charge is 0.352 e. The summed E-state index contributed by atoms with van der Waals surface area (Å²) in [4.78, 5) is 11.8. The van der Waals surface area contributed by atoms with Gasteiger partial charge in [-0.05, 0) is 50.4 Å². The fourth-order valence-corrected chi connectivity index (χ4v) is 2.62. The zero-order valence-corrected chi connectivity index (χ0v) is 11.5. The third-order valence-corrected chi connectivity index (χ3v) is 3.82. The van der Waals surface area contributed by atoms with Gasteiger partial charge in [0.1, 0.15) is 0 Å². The normalized spacial score (nSPS) is 16.2. The van der Waals surface area contributed by atoms with Gasteiger partial charge in [-0.1, -0.05) is 31.0 Å². The molecule has 19 heavy (non-hydrogen) atoms. The first kappa shape index (κ1) is 14.1. The minimum Gasteiger partial charge on any atom is -0.352 e. The zero-order valence-electron chi connectivity index (χ0n) is 11.5. The van der Waals surface area contributed by atoms with Crippen LogP contribution in [0.4, 0.5) is 0 Å². The Balaban J connectivity index is 1.55. The molecule has 0 atom stereocenters. The Hall–Kier alpha value is -1.35. The van der Waals surface area contributed by atoms with Gasteiger partial charge in [0, 0.05) is 12.1 Å². The highest BCUT2D eigenvalue weighted by molar-refractivity contribution is 5.94. The van der Waals surface area contributed by atoms with Gasteiger partial charge in [0.05, 0.1) is 0 Å². The number of hydrogen-bond donors (Lipinski definition) is 2. The summed E-state index contributed by atoms with van der Waals surface area (Å²) in [6, 6.07) is 9.42. The molecule has 1 saturated heterocycles. The quantitative estimate of drug-likeness (QED) is 0.772. The maximum Gasteiger partial charge on any atom is 0.251 e. The molecule has 0 radical (unpaired) electrons. The van der Waals surface area contributed by atoms with Gasteiger partial charge in [-0.25, -0.2) is 0 Å². The van der Waals surface area contributed by atoms with Crippen molar-refractivity contribution in [3.05, 3.63) is 35.9 Å². The van der Waals surface area contributed by atoms with Crippen molar-refractivity contribution in [1.29, 1.82) is 0 Å². The molecule has 0 aliphatic carbocycles. The molecule has 1 fully saturated rings. The Morgan fingerprint density at radius 3 is 2.63 bits per heavy atom. The van der Waals surface area contributed by atoms with Crippen LogP contribution < -0.4 is 10.6 Å². The smallest absolute Gasteiger partial charge is 0.251 e. The molecule has 0 saturated carbocycles. The Kier molecular flexibility index (Phi) is 5.89. The summed E-state index contributed by atoms with van der Waals surface area (Å²) in [5.74, 6) is 0.938. The molecule has 0 spiro atoms. The molecule has 1 aromatic carbocycles. The van der Waals surface area contributed by atoms with E-state index in [1.807, 2.05) is 30.3 Å². The topological polar surface area (TPSA) is 41.1 Å². The summed E-state index contributed by atoms with van der Waals surface area (Å²) in [5, 5.41) is 6.38. The van der Waals surface area contributed by atoms with Crippen LogP contribution in [0, 0.1) is 5.92 Å². The summed E-state index contributed by atoms with van der Waals surface area (Å²) < 4.78 is 0. The molecule has 2 N–H and O–H groups in total. The van der Waals surface area contributed by atoms with Crippen molar-refractivity contribution in [3.8, 4) is 0 Å². The Bertz CT molecular complexity index is 372. The monoisotopic (exact) mass is 260 g/mol. The van der Waals surface area contributed by atoms with E-state index in [4.69, 9.17) is 0 Å². The first-order valence-corrected chi connectivity index (χ1v) is 7.40. The molecule has 104 valence electrons. The molecule has 0 bridgehead atoms. The molecule has 1 aliphatic heterocycles. The fraction of sp³-hybridized carbons (Fsp3) is 0.562. The van der Waals surface area contributed by atoms with Gasteiger partial charge in [0.2, 0.25) is 0 Å². The molecule has 0 aromatic heterocycles. The lowest BCUT2D eigenvalue weighted by molar-refractivity contribution is 0.0953. The van der Waals surface area contributed by atoms with Gasteiger partial charge in [0.15, 0.2) is 0 Å². The van der Waals surface area contributed by atoms with E-state index in [1.165, 1.54) is 38.8 Å². The summed E-state index contributed by atoms with van der Waals surface area (Å²) in [6.07, 6.45) is 6.25. The van der Waals surface area contributed by atoms with Gasteiger partial charge in [-0.15, -0.1) is 0 Å². The number of carbonyl (C=O) groups excluding carboxylic acids is 1. The Morgan fingerprint density at radius 1 is 1.16 bits per heavy atom. The summed E-state index contributed by atoms with van der Waals surface area (Å²) in [7, 11) is 0. The van der Waals surface area contributed by atoms with Gasteiger partial charge < -0.3 is 10.6 Å². The van der Waals surface area contributed by atoms with Crippen LogP contribution in [0.3, 0.4) is 0 Å². The number of amides is 1. The fourth-order valence-electron chi connectivity index (χ4n) is 2.62. The Labute approximate surface area is 115 Å². The van der Waals surface area contributed by atoms with E-state index in [1.54, 1.807) is 0 Å². The number of rotatable bonds is 6. The average molecular weight is 260 g/mol. The second kappa shape index (κ2) is 7.95. The highest BCUT2D eigenvalue weighted by Gasteiger charge is 2.12. The first-order chi connectivity index (χ1) is 9.36. The zero-order chi connectivity index (χ0) is 13.3. The van der Waals surface area contributed by atoms with Gasteiger partial charge in [-0.3, -0.25) is 4.79 Å². The lowest BCUT2D eigenvalue weighted by Crippen LogP contribution is -2.28. The van der Waals surface area contributed by atoms with Crippen LogP contribution in [-0.4, -0.2) is 25.5 Å². The van der Waals surface area contributed by atoms with Gasteiger partial charge in [0.25, 0.3) is 5.91 Å². The second-order valence-corrected chi connectivity index (χ2v) is 5.31. The van der Waals surface area contributed by atoms with Crippen LogP contribution in [0.2, 0.25) is 0 Å². The van der Waals surface area contributed by atoms with Crippen molar-refractivity contribution in [2.24, 2.45) is 5.92 Å². The number of unbranched alkanes of at least 4 members (excludes halogenated alkanes) is 1. The van der Waals surface area contributed by atoms with Crippen LogP contribution in [0.25, 0.3) is 0 Å². The lowest BCUT2D eigenvalue weighted by atomic mass is 9.92. The number of piperidine rings is 1. The maximum atomic E-state index is 11.8. The van der Waals surface area contributed by atoms with Gasteiger partial charge in [-0.2, -0.15) is 0 Å². The van der Waals surface area contributed by atoms with E-state index in [0.717, 1.165) is 24.4 Å². The number of carbonyl (C=O) groups is 1. The SMILES string of the molecule is O=C(NCCCCC1CCNCC1)c1ccccc1. The molecular weight excluding hydrogens is 236 g/mol. The predicted octanol–water partition coefficient (Wildman–Crippen LogP) is 2.59. The van der Waals surface area contributed by atoms with Crippen LogP contribution in [0.5, 0.6) is 0 Å². The van der Waals surface area contributed by atoms with E-state index in [2.05, 4.69) is 10.6 Å². The summed E-state index contributed by atoms with van der Waals surface area (Å²) in [5.41, 5.74) is 0.751. The third-order valence-electron chi connectivity index (χ3n) is 3.82. The molecule has 1 heterocycles. The molecule has 0 unspecified atom stereocenters. The first-order valence-electron chi connectivity index (χ1n) is 7.40. The van der Waals surface area contributed by atoms with Crippen molar-refractivity contribution in [3.63, 3.8) is 0 Å². The summed E-state index contributed by atoms with van der Waals surface area (Å²) >= 11 is 0. The van der Waals surface area contributed by atoms with E-state index in [-0.39, 0.29) is 5.91 Å². The number of nitrogens with one attached hydrogen (secondary N) is 2. The van der Waals surface area contributed by atoms with Crippen LogP contribution in [-0.2, 0) is 0 Å². The van der Waals surface area contributed by atoms with E-state index < -0.39 is 0 Å². The molecule has 3 heteroatoms. The Morgan fingerprint density at radius 2 is 1.89 bits per heavy atom. The van der Waals surface area contributed by atoms with Crippen molar-refractivity contribution < 1.29 is 4.79 Å². The second-order valence-electron chi connectivity index (χ2n) is 5.31. The van der Waals surface area contributed by atoms with E-state index >= 15 is 0 Å². The molecular formula is C16H24N2O. The lowest BCUT2D eigenvalue weighted by Gasteiger charge is -2.22. The van der Waals surface area contributed by atoms with Crippen molar-refractivity contribution in [2.45, 2.75) is 32.1 Å². The van der Waals surface area contributed by atoms with Crippen molar-refractivity contribution in [1.82, 2.24) is 10.6 Å². The maximum absolute atomic E-state index is 11.8. The van der Waals surface area contributed by atoms with E-state index in [9.17, 15) is 4.79 Å². The summed E-state index contributed by atoms with van der Waals surface area (Å²) in [6.45, 7) is 3.14. The standard InChI is InChI=1S/C16H24N2O/c19-16(15-7-2-1-3-8-15)18-11-5-4-6-14-9-12-17-13-10-14/h1-3,7-8,14,17H,4-6,9-13H2,(H,18,19).